The minimum Gasteiger partial charge on any atom is -0.454 e. The van der Waals surface area contributed by atoms with Crippen LogP contribution in [0.4, 0.5) is 0 Å². The van der Waals surface area contributed by atoms with Gasteiger partial charge in [0.2, 0.25) is 12.6 Å². The molecule has 144 valence electrons. The Morgan fingerprint density at radius 3 is 2.57 bits per heavy atom. The fourth-order valence-corrected chi connectivity index (χ4v) is 4.20. The number of hydrogen-bond donors (Lipinski definition) is 1. The van der Waals surface area contributed by atoms with Crippen molar-refractivity contribution in [1.82, 2.24) is 20.2 Å². The SMILES string of the molecule is Cc1ccc(-n2nnnc2[C@@H](c2ccc3c(c2)OCO3)[NH+]2CCCCC2)cc1. The Labute approximate surface area is 163 Å². The lowest BCUT2D eigenvalue weighted by atomic mass is 10.00. The van der Waals surface area contributed by atoms with Gasteiger partial charge < -0.3 is 14.4 Å². The molecule has 0 radical (unpaired) electrons. The molecule has 1 fully saturated rings. The normalized spacial score (nSPS) is 17.6. The number of hydrogen-bond acceptors (Lipinski definition) is 5. The summed E-state index contributed by atoms with van der Waals surface area (Å²) in [6.07, 6.45) is 3.74. The number of rotatable bonds is 4. The smallest absolute Gasteiger partial charge is 0.231 e. The number of nitrogens with zero attached hydrogens (tertiary/aromatic N) is 4. The zero-order valence-electron chi connectivity index (χ0n) is 16.0. The molecule has 2 aliphatic heterocycles. The van der Waals surface area contributed by atoms with Gasteiger partial charge in [0.1, 0.15) is 0 Å². The van der Waals surface area contributed by atoms with E-state index in [1.807, 2.05) is 10.7 Å². The van der Waals surface area contributed by atoms with Crippen LogP contribution in [0.1, 0.15) is 42.3 Å². The first-order chi connectivity index (χ1) is 13.8. The fraction of sp³-hybridized carbons (Fsp3) is 0.381. The Balaban J connectivity index is 1.59. The third-order valence-corrected chi connectivity index (χ3v) is 5.66. The number of piperidine rings is 1. The van der Waals surface area contributed by atoms with Gasteiger partial charge in [0.25, 0.3) is 0 Å². The second-order valence-corrected chi connectivity index (χ2v) is 7.55. The van der Waals surface area contributed by atoms with E-state index in [1.54, 1.807) is 0 Å². The largest absolute Gasteiger partial charge is 0.454 e. The number of aryl methyl sites for hydroxylation is 1. The van der Waals surface area contributed by atoms with E-state index in [-0.39, 0.29) is 12.8 Å². The minimum atomic E-state index is 0.0473. The van der Waals surface area contributed by atoms with E-state index < -0.39 is 0 Å². The molecule has 0 amide bonds. The second kappa shape index (κ2) is 7.24. The summed E-state index contributed by atoms with van der Waals surface area (Å²) in [6, 6.07) is 14.6. The van der Waals surface area contributed by atoms with E-state index in [0.29, 0.717) is 0 Å². The van der Waals surface area contributed by atoms with Crippen molar-refractivity contribution in [2.24, 2.45) is 0 Å². The number of quaternary nitrogens is 1. The molecule has 28 heavy (non-hydrogen) atoms. The molecule has 3 aromatic rings. The average Bonchev–Trinajstić information content (AvgIpc) is 3.39. The summed E-state index contributed by atoms with van der Waals surface area (Å²) in [4.78, 5) is 1.49. The van der Waals surface area contributed by atoms with Gasteiger partial charge >= 0.3 is 0 Å². The molecule has 2 aromatic carbocycles. The highest BCUT2D eigenvalue weighted by atomic mass is 16.7. The fourth-order valence-electron chi connectivity index (χ4n) is 4.20. The molecule has 0 spiro atoms. The maximum Gasteiger partial charge on any atom is 0.231 e. The number of likely N-dealkylation sites (tertiary alicyclic amines) is 1. The molecule has 5 rings (SSSR count). The van der Waals surface area contributed by atoms with Gasteiger partial charge in [0.05, 0.1) is 18.8 Å². The maximum atomic E-state index is 5.63. The van der Waals surface area contributed by atoms with Crippen molar-refractivity contribution in [2.75, 3.05) is 19.9 Å². The summed E-state index contributed by atoms with van der Waals surface area (Å²) in [5.41, 5.74) is 3.35. The monoisotopic (exact) mass is 378 g/mol. The van der Waals surface area contributed by atoms with Crippen LogP contribution < -0.4 is 14.4 Å². The lowest BCUT2D eigenvalue weighted by Crippen LogP contribution is -3.13. The lowest BCUT2D eigenvalue weighted by molar-refractivity contribution is -0.931. The van der Waals surface area contributed by atoms with E-state index in [4.69, 9.17) is 9.47 Å². The van der Waals surface area contributed by atoms with Gasteiger partial charge in [-0.2, -0.15) is 4.68 Å². The van der Waals surface area contributed by atoms with Crippen LogP contribution in [-0.4, -0.2) is 40.1 Å². The Hall–Kier alpha value is -2.93. The van der Waals surface area contributed by atoms with Crippen molar-refractivity contribution in [3.63, 3.8) is 0 Å². The number of benzene rings is 2. The first-order valence-corrected chi connectivity index (χ1v) is 9.89. The summed E-state index contributed by atoms with van der Waals surface area (Å²) in [6.45, 7) is 4.58. The van der Waals surface area contributed by atoms with Crippen molar-refractivity contribution in [2.45, 2.75) is 32.2 Å². The van der Waals surface area contributed by atoms with Gasteiger partial charge in [0, 0.05) is 5.56 Å². The molecule has 0 unspecified atom stereocenters. The predicted octanol–water partition coefficient (Wildman–Crippen LogP) is 1.86. The van der Waals surface area contributed by atoms with E-state index in [0.717, 1.165) is 41.7 Å². The average molecular weight is 378 g/mol. The molecule has 1 N–H and O–H groups in total. The van der Waals surface area contributed by atoms with Crippen LogP contribution in [0.5, 0.6) is 11.5 Å². The van der Waals surface area contributed by atoms with Crippen molar-refractivity contribution in [3.05, 3.63) is 59.4 Å². The van der Waals surface area contributed by atoms with Crippen LogP contribution in [0.3, 0.4) is 0 Å². The van der Waals surface area contributed by atoms with Gasteiger partial charge in [-0.1, -0.05) is 17.7 Å². The Morgan fingerprint density at radius 2 is 1.75 bits per heavy atom. The Kier molecular flexibility index (Phi) is 4.44. The van der Waals surface area contributed by atoms with Crippen molar-refractivity contribution >= 4 is 0 Å². The molecule has 1 atom stereocenters. The highest BCUT2D eigenvalue weighted by Crippen LogP contribution is 2.35. The summed E-state index contributed by atoms with van der Waals surface area (Å²) in [5.74, 6) is 2.46. The standard InChI is InChI=1S/C21H23N5O2/c1-15-5-8-17(9-6-15)26-21(22-23-24-26)20(25-11-3-2-4-12-25)16-7-10-18-19(13-16)28-14-27-18/h5-10,13,20H,2-4,11-12,14H2,1H3/p+1/t20-/m1/s1. The second-order valence-electron chi connectivity index (χ2n) is 7.55. The zero-order valence-corrected chi connectivity index (χ0v) is 16.0. The molecule has 0 bridgehead atoms. The van der Waals surface area contributed by atoms with E-state index in [1.165, 1.54) is 29.7 Å². The number of aromatic nitrogens is 4. The van der Waals surface area contributed by atoms with Crippen LogP contribution in [0.2, 0.25) is 0 Å². The van der Waals surface area contributed by atoms with Crippen molar-refractivity contribution in [1.29, 1.82) is 0 Å². The summed E-state index contributed by atoms with van der Waals surface area (Å²) < 4.78 is 13.0. The summed E-state index contributed by atoms with van der Waals surface area (Å²) >= 11 is 0. The predicted molar refractivity (Wildman–Crippen MR) is 103 cm³/mol. The highest BCUT2D eigenvalue weighted by Gasteiger charge is 2.34. The van der Waals surface area contributed by atoms with E-state index in [9.17, 15) is 0 Å². The molecule has 7 heteroatoms. The van der Waals surface area contributed by atoms with Gasteiger partial charge in [-0.3, -0.25) is 0 Å². The van der Waals surface area contributed by atoms with Gasteiger partial charge in [-0.05, 0) is 66.9 Å². The topological polar surface area (TPSA) is 66.5 Å². The third kappa shape index (κ3) is 3.11. The van der Waals surface area contributed by atoms with Gasteiger partial charge in [0.15, 0.2) is 17.5 Å². The van der Waals surface area contributed by atoms with Crippen LogP contribution in [-0.2, 0) is 0 Å². The molecule has 3 heterocycles. The Morgan fingerprint density at radius 1 is 0.964 bits per heavy atom. The molecule has 0 saturated carbocycles. The molecular weight excluding hydrogens is 354 g/mol. The van der Waals surface area contributed by atoms with E-state index >= 15 is 0 Å². The number of ether oxygens (including phenoxy) is 2. The lowest BCUT2D eigenvalue weighted by Gasteiger charge is -2.31. The summed E-state index contributed by atoms with van der Waals surface area (Å²) in [7, 11) is 0. The first kappa shape index (κ1) is 17.2. The zero-order chi connectivity index (χ0) is 18.9. The number of fused-ring (bicyclic) bond motifs is 1. The van der Waals surface area contributed by atoms with Crippen LogP contribution in [0, 0.1) is 6.92 Å². The highest BCUT2D eigenvalue weighted by molar-refractivity contribution is 5.46. The molecule has 1 saturated heterocycles. The van der Waals surface area contributed by atoms with Crippen LogP contribution in [0.15, 0.2) is 42.5 Å². The van der Waals surface area contributed by atoms with Gasteiger partial charge in [-0.25, -0.2) is 0 Å². The molecule has 7 nitrogen and oxygen atoms in total. The van der Waals surface area contributed by atoms with Crippen molar-refractivity contribution in [3.8, 4) is 17.2 Å². The minimum absolute atomic E-state index is 0.0473. The number of nitrogens with one attached hydrogen (secondary N) is 1. The number of tetrazole rings is 1. The molecule has 1 aromatic heterocycles. The van der Waals surface area contributed by atoms with Crippen molar-refractivity contribution < 1.29 is 14.4 Å². The summed E-state index contributed by atoms with van der Waals surface area (Å²) in [5, 5.41) is 12.8. The third-order valence-electron chi connectivity index (χ3n) is 5.66. The maximum absolute atomic E-state index is 5.63. The van der Waals surface area contributed by atoms with E-state index in [2.05, 4.69) is 58.8 Å². The first-order valence-electron chi connectivity index (χ1n) is 9.89. The quantitative estimate of drug-likeness (QED) is 0.751. The van der Waals surface area contributed by atoms with Gasteiger partial charge in [-0.15, -0.1) is 5.10 Å². The molecule has 2 aliphatic rings. The Bertz CT molecular complexity index is 963. The molecular formula is C21H24N5O2+. The van der Waals surface area contributed by atoms with Crippen LogP contribution in [0.25, 0.3) is 5.69 Å². The van der Waals surface area contributed by atoms with Crippen LogP contribution >= 0.6 is 0 Å². The molecule has 0 aliphatic carbocycles.